The summed E-state index contributed by atoms with van der Waals surface area (Å²) in [6, 6.07) is 15.1. The molecule has 0 radical (unpaired) electrons. The molecule has 0 saturated heterocycles. The third kappa shape index (κ3) is 6.80. The normalized spacial score (nSPS) is 16.0. The zero-order valence-corrected chi connectivity index (χ0v) is 17.2. The molecule has 0 aliphatic carbocycles. The number of amides is 1. The van der Waals surface area contributed by atoms with E-state index >= 15 is 0 Å². The number of ether oxygens (including phenoxy) is 2. The average molecular weight is 399 g/mol. The van der Waals surface area contributed by atoms with Gasteiger partial charge in [0.1, 0.15) is 11.5 Å². The third-order valence-corrected chi connectivity index (χ3v) is 4.34. The topological polar surface area (TPSA) is 97.4 Å². The average Bonchev–Trinajstić information content (AvgIpc) is 2.71. The van der Waals surface area contributed by atoms with Gasteiger partial charge in [0.25, 0.3) is 0 Å². The summed E-state index contributed by atoms with van der Waals surface area (Å²) in [5, 5.41) is 9.63. The number of hydrogen-bond donors (Lipinski definition) is 2. The SMILES string of the molecule is CC1CC(=O)N(C)C(N)=N1.COCCCOc1ccc(O)cc1-c1ccccc1. The Bertz CT molecular complexity index is 824. The van der Waals surface area contributed by atoms with E-state index in [-0.39, 0.29) is 17.7 Å². The van der Waals surface area contributed by atoms with E-state index in [1.165, 1.54) is 4.90 Å². The monoisotopic (exact) mass is 399 g/mol. The van der Waals surface area contributed by atoms with Crippen LogP contribution in [0.15, 0.2) is 53.5 Å². The summed E-state index contributed by atoms with van der Waals surface area (Å²) in [5.74, 6) is 1.38. The van der Waals surface area contributed by atoms with Crippen molar-refractivity contribution in [3.05, 3.63) is 48.5 Å². The molecule has 0 fully saturated rings. The summed E-state index contributed by atoms with van der Waals surface area (Å²) in [5.41, 5.74) is 7.34. The van der Waals surface area contributed by atoms with Gasteiger partial charge >= 0.3 is 0 Å². The van der Waals surface area contributed by atoms with Gasteiger partial charge in [-0.3, -0.25) is 9.69 Å². The van der Waals surface area contributed by atoms with E-state index < -0.39 is 0 Å². The number of phenols is 1. The lowest BCUT2D eigenvalue weighted by atomic mass is 10.0. The van der Waals surface area contributed by atoms with Gasteiger partial charge in [-0.15, -0.1) is 0 Å². The van der Waals surface area contributed by atoms with Crippen molar-refractivity contribution in [1.82, 2.24) is 4.90 Å². The second kappa shape index (κ2) is 11.1. The molecular weight excluding hydrogens is 370 g/mol. The number of hydrogen-bond acceptors (Lipinski definition) is 6. The first-order valence-corrected chi connectivity index (χ1v) is 9.52. The van der Waals surface area contributed by atoms with Crippen LogP contribution in [0.25, 0.3) is 11.1 Å². The Labute approximate surface area is 171 Å². The van der Waals surface area contributed by atoms with E-state index in [1.54, 1.807) is 32.4 Å². The number of carbonyl (C=O) groups excluding carboxylic acids is 1. The van der Waals surface area contributed by atoms with Crippen molar-refractivity contribution in [2.75, 3.05) is 27.4 Å². The van der Waals surface area contributed by atoms with Crippen molar-refractivity contribution in [1.29, 1.82) is 0 Å². The van der Waals surface area contributed by atoms with Crippen LogP contribution in [0.3, 0.4) is 0 Å². The first-order valence-electron chi connectivity index (χ1n) is 9.52. The van der Waals surface area contributed by atoms with E-state index in [0.29, 0.717) is 25.6 Å². The standard InChI is InChI=1S/C16H18O3.C6H11N3O/c1-18-10-5-11-19-16-9-8-14(17)12-15(16)13-6-3-2-4-7-13;1-4-3-5(10)9(2)6(7)8-4/h2-4,6-9,12,17H,5,10-11H2,1H3;4H,3H2,1-2H3,(H2,7,8). The highest BCUT2D eigenvalue weighted by atomic mass is 16.5. The van der Waals surface area contributed by atoms with Gasteiger partial charge in [-0.1, -0.05) is 30.3 Å². The van der Waals surface area contributed by atoms with Gasteiger partial charge in [-0.25, -0.2) is 4.99 Å². The van der Waals surface area contributed by atoms with Gasteiger partial charge in [0.2, 0.25) is 5.91 Å². The number of nitrogens with two attached hydrogens (primary N) is 1. The van der Waals surface area contributed by atoms with Crippen molar-refractivity contribution < 1.29 is 19.4 Å². The maximum absolute atomic E-state index is 11.0. The highest BCUT2D eigenvalue weighted by molar-refractivity contribution is 5.98. The first-order chi connectivity index (χ1) is 13.9. The molecule has 0 saturated carbocycles. The number of aromatic hydroxyl groups is 1. The van der Waals surface area contributed by atoms with Crippen molar-refractivity contribution in [2.24, 2.45) is 10.7 Å². The molecule has 2 aromatic carbocycles. The molecular formula is C22H29N3O4. The van der Waals surface area contributed by atoms with E-state index in [4.69, 9.17) is 15.2 Å². The van der Waals surface area contributed by atoms with Crippen LogP contribution in [0.5, 0.6) is 11.5 Å². The lowest BCUT2D eigenvalue weighted by Crippen LogP contribution is -2.44. The number of guanidine groups is 1. The molecule has 7 heteroatoms. The summed E-state index contributed by atoms with van der Waals surface area (Å²) >= 11 is 0. The fraction of sp³-hybridized carbons (Fsp3) is 0.364. The van der Waals surface area contributed by atoms with Crippen LogP contribution in [0.2, 0.25) is 0 Å². The van der Waals surface area contributed by atoms with Crippen LogP contribution in [0, 0.1) is 0 Å². The second-order valence-corrected chi connectivity index (χ2v) is 6.73. The minimum atomic E-state index is 0.0417. The van der Waals surface area contributed by atoms with Crippen LogP contribution in [-0.2, 0) is 9.53 Å². The Morgan fingerprint density at radius 2 is 1.93 bits per heavy atom. The molecule has 7 nitrogen and oxygen atoms in total. The summed E-state index contributed by atoms with van der Waals surface area (Å²) in [6.07, 6.45) is 1.31. The zero-order chi connectivity index (χ0) is 21.2. The smallest absolute Gasteiger partial charge is 0.231 e. The van der Waals surface area contributed by atoms with E-state index in [0.717, 1.165) is 23.3 Å². The second-order valence-electron chi connectivity index (χ2n) is 6.73. The molecule has 1 unspecified atom stereocenters. The fourth-order valence-electron chi connectivity index (χ4n) is 2.75. The Morgan fingerprint density at radius 3 is 2.59 bits per heavy atom. The van der Waals surface area contributed by atoms with Crippen molar-refractivity contribution in [2.45, 2.75) is 25.8 Å². The molecule has 29 heavy (non-hydrogen) atoms. The summed E-state index contributed by atoms with van der Waals surface area (Å²) in [4.78, 5) is 16.4. The maximum atomic E-state index is 11.0. The van der Waals surface area contributed by atoms with Crippen molar-refractivity contribution in [3.8, 4) is 22.6 Å². The van der Waals surface area contributed by atoms with Gasteiger partial charge in [-0.2, -0.15) is 0 Å². The first kappa shape index (κ1) is 22.2. The summed E-state index contributed by atoms with van der Waals surface area (Å²) < 4.78 is 10.8. The Hall–Kier alpha value is -3.06. The summed E-state index contributed by atoms with van der Waals surface area (Å²) in [7, 11) is 3.31. The largest absolute Gasteiger partial charge is 0.508 e. The lowest BCUT2D eigenvalue weighted by Gasteiger charge is -2.23. The minimum Gasteiger partial charge on any atom is -0.508 e. The molecule has 3 rings (SSSR count). The molecule has 1 heterocycles. The van der Waals surface area contributed by atoms with Crippen LogP contribution < -0.4 is 10.5 Å². The van der Waals surface area contributed by atoms with Crippen LogP contribution in [0.1, 0.15) is 19.8 Å². The number of carbonyl (C=O) groups is 1. The lowest BCUT2D eigenvalue weighted by molar-refractivity contribution is -0.127. The van der Waals surface area contributed by atoms with Crippen LogP contribution in [0.4, 0.5) is 0 Å². The van der Waals surface area contributed by atoms with Gasteiger partial charge in [0.15, 0.2) is 5.96 Å². The Morgan fingerprint density at radius 1 is 1.21 bits per heavy atom. The third-order valence-electron chi connectivity index (χ3n) is 4.34. The molecule has 2 aromatic rings. The van der Waals surface area contributed by atoms with E-state index in [2.05, 4.69) is 4.99 Å². The quantitative estimate of drug-likeness (QED) is 0.728. The minimum absolute atomic E-state index is 0.0417. The Kier molecular flexibility index (Phi) is 8.48. The van der Waals surface area contributed by atoms with Crippen molar-refractivity contribution in [3.63, 3.8) is 0 Å². The molecule has 0 aromatic heterocycles. The number of phenolic OH excluding ortho intramolecular Hbond substituents is 1. The molecule has 156 valence electrons. The molecule has 3 N–H and O–H groups in total. The number of rotatable bonds is 6. The van der Waals surface area contributed by atoms with Gasteiger partial charge in [0, 0.05) is 39.2 Å². The summed E-state index contributed by atoms with van der Waals surface area (Å²) in [6.45, 7) is 3.15. The van der Waals surface area contributed by atoms with Gasteiger partial charge < -0.3 is 20.3 Å². The van der Waals surface area contributed by atoms with Crippen LogP contribution in [-0.4, -0.2) is 55.3 Å². The predicted octanol–water partition coefficient (Wildman–Crippen LogP) is 3.03. The van der Waals surface area contributed by atoms with Gasteiger partial charge in [0.05, 0.1) is 12.6 Å². The number of aliphatic imine (C=N–C) groups is 1. The number of benzene rings is 2. The maximum Gasteiger partial charge on any atom is 0.231 e. The zero-order valence-electron chi connectivity index (χ0n) is 17.2. The number of methoxy groups -OCH3 is 1. The molecule has 0 spiro atoms. The molecule has 0 bridgehead atoms. The van der Waals surface area contributed by atoms with Crippen LogP contribution >= 0.6 is 0 Å². The van der Waals surface area contributed by atoms with E-state index in [1.807, 2.05) is 37.3 Å². The Balaban J connectivity index is 0.000000253. The molecule has 1 aliphatic rings. The van der Waals surface area contributed by atoms with E-state index in [9.17, 15) is 9.90 Å². The molecule has 1 atom stereocenters. The van der Waals surface area contributed by atoms with Gasteiger partial charge in [-0.05, 0) is 30.7 Å². The highest BCUT2D eigenvalue weighted by Gasteiger charge is 2.20. The molecule has 1 amide bonds. The van der Waals surface area contributed by atoms with Crippen molar-refractivity contribution >= 4 is 11.9 Å². The fourth-order valence-corrected chi connectivity index (χ4v) is 2.75. The predicted molar refractivity (Wildman–Crippen MR) is 114 cm³/mol. The number of nitrogens with zero attached hydrogens (tertiary/aromatic N) is 2. The molecule has 1 aliphatic heterocycles. The highest BCUT2D eigenvalue weighted by Crippen LogP contribution is 2.33.